The minimum absolute atomic E-state index is 0.292. The summed E-state index contributed by atoms with van der Waals surface area (Å²) >= 11 is 0. The number of anilines is 1. The maximum atomic E-state index is 5.56. The summed E-state index contributed by atoms with van der Waals surface area (Å²) in [5, 5.41) is 4.33. The predicted octanol–water partition coefficient (Wildman–Crippen LogP) is 1.64. The summed E-state index contributed by atoms with van der Waals surface area (Å²) in [5.41, 5.74) is 8.52. The molecule has 0 aliphatic heterocycles. The number of hydrogen-bond donors (Lipinski definition) is 1. The third kappa shape index (κ3) is 1.88. The fourth-order valence-electron chi connectivity index (χ4n) is 1.66. The highest BCUT2D eigenvalue weighted by atomic mass is 15.3. The molecule has 0 aromatic carbocycles. The van der Waals surface area contributed by atoms with E-state index in [2.05, 4.69) is 22.0 Å². The lowest BCUT2D eigenvalue weighted by Crippen LogP contribution is -2.01. The molecule has 2 aromatic rings. The van der Waals surface area contributed by atoms with Crippen LogP contribution in [0.2, 0.25) is 0 Å². The van der Waals surface area contributed by atoms with E-state index in [0.29, 0.717) is 5.95 Å². The van der Waals surface area contributed by atoms with Crippen LogP contribution >= 0.6 is 0 Å². The summed E-state index contributed by atoms with van der Waals surface area (Å²) in [6.45, 7) is 5.09. The molecule has 0 unspecified atom stereocenters. The first-order chi connectivity index (χ1) is 7.72. The van der Waals surface area contributed by atoms with E-state index >= 15 is 0 Å². The summed E-state index contributed by atoms with van der Waals surface area (Å²) in [4.78, 5) is 8.07. The first kappa shape index (κ1) is 10.6. The normalized spacial score (nSPS) is 10.6. The van der Waals surface area contributed by atoms with Gasteiger partial charge >= 0.3 is 0 Å². The van der Waals surface area contributed by atoms with E-state index in [4.69, 9.17) is 5.73 Å². The van der Waals surface area contributed by atoms with Gasteiger partial charge in [0, 0.05) is 24.0 Å². The Hall–Kier alpha value is -1.91. The largest absolute Gasteiger partial charge is 0.368 e. The quantitative estimate of drug-likeness (QED) is 0.848. The number of nitrogen functional groups attached to an aromatic ring is 1. The standard InChI is InChI=1S/C11H15N5/c1-3-6-16-8(2)9(7-14-16)10-4-5-13-11(12)15-10/h4-5,7H,3,6H2,1-2H3,(H2,12,13,15). The van der Waals surface area contributed by atoms with Gasteiger partial charge in [-0.1, -0.05) is 6.92 Å². The Labute approximate surface area is 94.3 Å². The van der Waals surface area contributed by atoms with Gasteiger partial charge in [0.15, 0.2) is 0 Å². The van der Waals surface area contributed by atoms with Crippen LogP contribution in [0.15, 0.2) is 18.5 Å². The molecule has 2 aromatic heterocycles. The molecule has 2 N–H and O–H groups in total. The molecule has 0 saturated carbocycles. The Morgan fingerprint density at radius 1 is 1.44 bits per heavy atom. The molecule has 5 nitrogen and oxygen atoms in total. The van der Waals surface area contributed by atoms with E-state index in [9.17, 15) is 0 Å². The van der Waals surface area contributed by atoms with Gasteiger partial charge in [-0.05, 0) is 19.4 Å². The summed E-state index contributed by atoms with van der Waals surface area (Å²) in [6.07, 6.45) is 4.55. The maximum absolute atomic E-state index is 5.56. The van der Waals surface area contributed by atoms with Crippen LogP contribution in [0.3, 0.4) is 0 Å². The predicted molar refractivity (Wildman–Crippen MR) is 62.7 cm³/mol. The average molecular weight is 217 g/mol. The second kappa shape index (κ2) is 4.30. The van der Waals surface area contributed by atoms with Crippen molar-refractivity contribution in [2.45, 2.75) is 26.8 Å². The Kier molecular flexibility index (Phi) is 2.85. The highest BCUT2D eigenvalue weighted by molar-refractivity contribution is 5.61. The molecular weight excluding hydrogens is 202 g/mol. The van der Waals surface area contributed by atoms with Crippen molar-refractivity contribution in [3.05, 3.63) is 24.2 Å². The van der Waals surface area contributed by atoms with Gasteiger partial charge in [0.05, 0.1) is 11.9 Å². The van der Waals surface area contributed by atoms with E-state index in [0.717, 1.165) is 29.9 Å². The summed E-state index contributed by atoms with van der Waals surface area (Å²) in [6, 6.07) is 1.84. The Balaban J connectivity index is 2.41. The molecular formula is C11H15N5. The van der Waals surface area contributed by atoms with Crippen molar-refractivity contribution >= 4 is 5.95 Å². The highest BCUT2D eigenvalue weighted by Crippen LogP contribution is 2.21. The molecule has 5 heteroatoms. The SMILES string of the molecule is CCCn1ncc(-c2ccnc(N)n2)c1C. The molecule has 0 atom stereocenters. The number of aromatic nitrogens is 4. The number of rotatable bonds is 3. The monoisotopic (exact) mass is 217 g/mol. The van der Waals surface area contributed by atoms with Gasteiger partial charge in [0.2, 0.25) is 5.95 Å². The van der Waals surface area contributed by atoms with Gasteiger partial charge in [-0.15, -0.1) is 0 Å². The van der Waals surface area contributed by atoms with E-state index in [-0.39, 0.29) is 0 Å². The molecule has 0 aliphatic carbocycles. The third-order valence-corrected chi connectivity index (χ3v) is 2.49. The van der Waals surface area contributed by atoms with Crippen molar-refractivity contribution in [2.75, 3.05) is 5.73 Å². The molecule has 0 amide bonds. The summed E-state index contributed by atoms with van der Waals surface area (Å²) in [5.74, 6) is 0.292. The molecule has 84 valence electrons. The lowest BCUT2D eigenvalue weighted by atomic mass is 10.2. The van der Waals surface area contributed by atoms with Crippen molar-refractivity contribution in [1.82, 2.24) is 19.7 Å². The lowest BCUT2D eigenvalue weighted by Gasteiger charge is -2.03. The summed E-state index contributed by atoms with van der Waals surface area (Å²) < 4.78 is 1.98. The number of hydrogen-bond acceptors (Lipinski definition) is 4. The molecule has 0 spiro atoms. The van der Waals surface area contributed by atoms with Gasteiger partial charge in [0.1, 0.15) is 0 Å². The molecule has 2 rings (SSSR count). The molecule has 0 saturated heterocycles. The molecule has 0 bridgehead atoms. The number of nitrogens with two attached hydrogens (primary N) is 1. The second-order valence-electron chi connectivity index (χ2n) is 3.67. The van der Waals surface area contributed by atoms with E-state index in [1.807, 2.05) is 23.9 Å². The van der Waals surface area contributed by atoms with Crippen molar-refractivity contribution in [2.24, 2.45) is 0 Å². The average Bonchev–Trinajstić information content (AvgIpc) is 2.61. The van der Waals surface area contributed by atoms with Gasteiger partial charge < -0.3 is 5.73 Å². The first-order valence-electron chi connectivity index (χ1n) is 5.33. The zero-order valence-electron chi connectivity index (χ0n) is 9.51. The van der Waals surface area contributed by atoms with E-state index in [1.54, 1.807) is 6.20 Å². The topological polar surface area (TPSA) is 69.6 Å². The van der Waals surface area contributed by atoms with Crippen molar-refractivity contribution in [3.63, 3.8) is 0 Å². The molecule has 16 heavy (non-hydrogen) atoms. The molecule has 0 radical (unpaired) electrons. The van der Waals surface area contributed by atoms with Crippen LogP contribution in [-0.2, 0) is 6.54 Å². The zero-order valence-corrected chi connectivity index (χ0v) is 9.51. The van der Waals surface area contributed by atoms with Crippen LogP contribution in [0.4, 0.5) is 5.95 Å². The molecule has 0 fully saturated rings. The van der Waals surface area contributed by atoms with Crippen LogP contribution < -0.4 is 5.73 Å². The summed E-state index contributed by atoms with van der Waals surface area (Å²) in [7, 11) is 0. The van der Waals surface area contributed by atoms with Crippen LogP contribution in [0, 0.1) is 6.92 Å². The number of nitrogens with zero attached hydrogens (tertiary/aromatic N) is 4. The Morgan fingerprint density at radius 2 is 2.25 bits per heavy atom. The highest BCUT2D eigenvalue weighted by Gasteiger charge is 2.09. The third-order valence-electron chi connectivity index (χ3n) is 2.49. The molecule has 2 heterocycles. The fraction of sp³-hybridized carbons (Fsp3) is 0.364. The van der Waals surface area contributed by atoms with Crippen LogP contribution in [0.25, 0.3) is 11.3 Å². The van der Waals surface area contributed by atoms with Crippen LogP contribution in [0.5, 0.6) is 0 Å². The van der Waals surface area contributed by atoms with Crippen LogP contribution in [-0.4, -0.2) is 19.7 Å². The minimum atomic E-state index is 0.292. The van der Waals surface area contributed by atoms with Gasteiger partial charge in [-0.2, -0.15) is 5.10 Å². The van der Waals surface area contributed by atoms with Crippen molar-refractivity contribution in [3.8, 4) is 11.3 Å². The Morgan fingerprint density at radius 3 is 2.94 bits per heavy atom. The van der Waals surface area contributed by atoms with Crippen LogP contribution in [0.1, 0.15) is 19.0 Å². The van der Waals surface area contributed by atoms with E-state index < -0.39 is 0 Å². The first-order valence-corrected chi connectivity index (χ1v) is 5.33. The smallest absolute Gasteiger partial charge is 0.220 e. The minimum Gasteiger partial charge on any atom is -0.368 e. The van der Waals surface area contributed by atoms with Crippen molar-refractivity contribution < 1.29 is 0 Å². The van der Waals surface area contributed by atoms with Crippen molar-refractivity contribution in [1.29, 1.82) is 0 Å². The van der Waals surface area contributed by atoms with Gasteiger partial charge in [-0.25, -0.2) is 9.97 Å². The molecule has 0 aliphatic rings. The van der Waals surface area contributed by atoms with E-state index in [1.165, 1.54) is 0 Å². The second-order valence-corrected chi connectivity index (χ2v) is 3.67. The number of aryl methyl sites for hydroxylation is 1. The van der Waals surface area contributed by atoms with Gasteiger partial charge in [-0.3, -0.25) is 4.68 Å². The van der Waals surface area contributed by atoms with Gasteiger partial charge in [0.25, 0.3) is 0 Å². The Bertz CT molecular complexity index is 489. The fourth-order valence-corrected chi connectivity index (χ4v) is 1.66. The lowest BCUT2D eigenvalue weighted by molar-refractivity contribution is 0.587. The zero-order chi connectivity index (χ0) is 11.5. The maximum Gasteiger partial charge on any atom is 0.220 e.